The van der Waals surface area contributed by atoms with Gasteiger partial charge in [-0.15, -0.1) is 0 Å². The summed E-state index contributed by atoms with van der Waals surface area (Å²) in [4.78, 5) is 1.87. The summed E-state index contributed by atoms with van der Waals surface area (Å²) in [5, 5.41) is 18.9. The second kappa shape index (κ2) is 7.38. The molecule has 2 heterocycles. The summed E-state index contributed by atoms with van der Waals surface area (Å²) in [7, 11) is -3.56. The van der Waals surface area contributed by atoms with Gasteiger partial charge in [0.2, 0.25) is 10.0 Å². The van der Waals surface area contributed by atoms with Crippen molar-refractivity contribution >= 4 is 27.1 Å². The van der Waals surface area contributed by atoms with E-state index in [4.69, 9.17) is 10.1 Å². The van der Waals surface area contributed by atoms with E-state index < -0.39 is 10.0 Å². The molecule has 2 aliphatic heterocycles. The Morgan fingerprint density at radius 2 is 1.61 bits per heavy atom. The number of hydrogen-bond donors (Lipinski definition) is 2. The molecule has 1 saturated heterocycles. The molecule has 0 spiro atoms. The molecule has 0 unspecified atom stereocenters. The van der Waals surface area contributed by atoms with Crippen molar-refractivity contribution in [1.82, 2.24) is 4.31 Å². The summed E-state index contributed by atoms with van der Waals surface area (Å²) in [6.45, 7) is 1.67. The highest BCUT2D eigenvalue weighted by Crippen LogP contribution is 2.31. The highest BCUT2D eigenvalue weighted by molar-refractivity contribution is 7.89. The normalized spacial score (nSPS) is 18.7. The maximum atomic E-state index is 12.7. The fraction of sp³-hybridized carbons (Fsp3) is 0.250. The molecule has 4 rings (SSSR count). The molecule has 0 saturated carbocycles. The number of rotatable bonds is 4. The Balaban J connectivity index is 1.56. The van der Waals surface area contributed by atoms with Crippen molar-refractivity contribution in [3.63, 3.8) is 0 Å². The molecule has 0 aliphatic carbocycles. The van der Waals surface area contributed by atoms with E-state index in [-0.39, 0.29) is 23.0 Å². The predicted octanol–water partition coefficient (Wildman–Crippen LogP) is 2.47. The minimum atomic E-state index is -3.56. The highest BCUT2D eigenvalue weighted by atomic mass is 32.2. The topological polar surface area (TPSA) is 93.9 Å². The van der Waals surface area contributed by atoms with Gasteiger partial charge in [0.25, 0.3) is 0 Å². The van der Waals surface area contributed by atoms with Crippen LogP contribution in [0.4, 0.5) is 5.69 Å². The Bertz CT molecular complexity index is 1010. The summed E-state index contributed by atoms with van der Waals surface area (Å²) >= 11 is 0. The molecule has 2 aliphatic rings. The first kappa shape index (κ1) is 18.7. The number of ether oxygens (including phenoxy) is 1. The predicted molar refractivity (Wildman–Crippen MR) is 107 cm³/mol. The first-order valence-electron chi connectivity index (χ1n) is 9.00. The van der Waals surface area contributed by atoms with Crippen LogP contribution in [-0.4, -0.2) is 56.5 Å². The van der Waals surface area contributed by atoms with Crippen molar-refractivity contribution in [1.29, 1.82) is 5.41 Å². The van der Waals surface area contributed by atoms with E-state index in [1.807, 2.05) is 30.3 Å². The molecule has 0 amide bonds. The van der Waals surface area contributed by atoms with Gasteiger partial charge in [0, 0.05) is 18.8 Å². The maximum Gasteiger partial charge on any atom is 0.243 e. The third-order valence-corrected chi connectivity index (χ3v) is 6.83. The lowest BCUT2D eigenvalue weighted by Gasteiger charge is -2.26. The number of aliphatic hydroxyl groups is 1. The van der Waals surface area contributed by atoms with Crippen molar-refractivity contribution in [2.45, 2.75) is 4.90 Å². The fourth-order valence-corrected chi connectivity index (χ4v) is 4.85. The second-order valence-electron chi connectivity index (χ2n) is 6.63. The lowest BCUT2D eigenvalue weighted by molar-refractivity contribution is 0.0730. The van der Waals surface area contributed by atoms with Gasteiger partial charge < -0.3 is 14.7 Å². The van der Waals surface area contributed by atoms with E-state index >= 15 is 0 Å². The molecule has 28 heavy (non-hydrogen) atoms. The second-order valence-corrected chi connectivity index (χ2v) is 8.57. The zero-order chi connectivity index (χ0) is 19.7. The fourth-order valence-electron chi connectivity index (χ4n) is 3.44. The van der Waals surface area contributed by atoms with Crippen molar-refractivity contribution in [2.24, 2.45) is 0 Å². The Kier molecular flexibility index (Phi) is 4.92. The SMILES string of the molecule is N=C1C(c2ccccc2)=C(O)CN1c1ccc(S(=O)(=O)N2CCOCC2)cc1. The minimum Gasteiger partial charge on any atom is -0.510 e. The van der Waals surface area contributed by atoms with Crippen LogP contribution in [0.5, 0.6) is 0 Å². The van der Waals surface area contributed by atoms with Gasteiger partial charge in [0.15, 0.2) is 0 Å². The highest BCUT2D eigenvalue weighted by Gasteiger charge is 2.30. The standard InChI is InChI=1S/C20H21N3O4S/c21-20-19(15-4-2-1-3-5-15)18(24)14-23(20)16-6-8-17(9-7-16)28(25,26)22-10-12-27-13-11-22/h1-9,21,24H,10-14H2. The van der Waals surface area contributed by atoms with Crippen LogP contribution in [0.1, 0.15) is 5.56 Å². The average Bonchev–Trinajstić information content (AvgIpc) is 3.03. The van der Waals surface area contributed by atoms with Gasteiger partial charge in [0.05, 0.1) is 30.2 Å². The van der Waals surface area contributed by atoms with Crippen LogP contribution in [0.2, 0.25) is 0 Å². The summed E-state index contributed by atoms with van der Waals surface area (Å²) in [5.74, 6) is 0.314. The van der Waals surface area contributed by atoms with Gasteiger partial charge in [-0.1, -0.05) is 30.3 Å². The van der Waals surface area contributed by atoms with E-state index in [0.29, 0.717) is 37.6 Å². The Hall–Kier alpha value is -2.68. The molecular weight excluding hydrogens is 378 g/mol. The smallest absolute Gasteiger partial charge is 0.243 e. The lowest BCUT2D eigenvalue weighted by Crippen LogP contribution is -2.40. The van der Waals surface area contributed by atoms with E-state index in [9.17, 15) is 13.5 Å². The number of benzene rings is 2. The Labute approximate surface area is 164 Å². The molecule has 0 aromatic heterocycles. The van der Waals surface area contributed by atoms with Crippen molar-refractivity contribution in [3.05, 3.63) is 65.9 Å². The minimum absolute atomic E-state index is 0.126. The number of hydrogen-bond acceptors (Lipinski definition) is 5. The molecule has 0 radical (unpaired) electrons. The number of amidine groups is 1. The zero-order valence-electron chi connectivity index (χ0n) is 15.2. The molecule has 2 N–H and O–H groups in total. The van der Waals surface area contributed by atoms with Gasteiger partial charge in [-0.25, -0.2) is 8.42 Å². The van der Waals surface area contributed by atoms with Crippen LogP contribution in [-0.2, 0) is 14.8 Å². The molecule has 8 heteroatoms. The Morgan fingerprint density at radius 3 is 2.25 bits per heavy atom. The van der Waals surface area contributed by atoms with E-state index in [2.05, 4.69) is 0 Å². The van der Waals surface area contributed by atoms with E-state index in [0.717, 1.165) is 5.56 Å². The third-order valence-electron chi connectivity index (χ3n) is 4.92. The maximum absolute atomic E-state index is 12.7. The van der Waals surface area contributed by atoms with Gasteiger partial charge in [-0.3, -0.25) is 5.41 Å². The van der Waals surface area contributed by atoms with Crippen LogP contribution in [0.25, 0.3) is 5.57 Å². The Morgan fingerprint density at radius 1 is 0.964 bits per heavy atom. The van der Waals surface area contributed by atoms with Gasteiger partial charge in [0.1, 0.15) is 11.6 Å². The summed E-state index contributed by atoms with van der Waals surface area (Å²) < 4.78 is 32.1. The molecule has 2 aromatic carbocycles. The number of morpholine rings is 1. The first-order valence-corrected chi connectivity index (χ1v) is 10.4. The van der Waals surface area contributed by atoms with E-state index in [1.165, 1.54) is 4.31 Å². The van der Waals surface area contributed by atoms with Gasteiger partial charge in [-0.2, -0.15) is 4.31 Å². The van der Waals surface area contributed by atoms with Crippen molar-refractivity contribution in [3.8, 4) is 0 Å². The molecule has 146 valence electrons. The number of aliphatic hydroxyl groups excluding tert-OH is 1. The monoisotopic (exact) mass is 399 g/mol. The van der Waals surface area contributed by atoms with Crippen LogP contribution in [0.15, 0.2) is 65.3 Å². The lowest BCUT2D eigenvalue weighted by atomic mass is 10.1. The van der Waals surface area contributed by atoms with Crippen LogP contribution in [0, 0.1) is 5.41 Å². The third kappa shape index (κ3) is 3.30. The molecule has 0 atom stereocenters. The van der Waals surface area contributed by atoms with Gasteiger partial charge >= 0.3 is 0 Å². The number of nitrogens with zero attached hydrogens (tertiary/aromatic N) is 2. The molecule has 2 aromatic rings. The molecule has 1 fully saturated rings. The van der Waals surface area contributed by atoms with E-state index in [1.54, 1.807) is 29.2 Å². The average molecular weight is 399 g/mol. The molecular formula is C20H21N3O4S. The molecule has 0 bridgehead atoms. The van der Waals surface area contributed by atoms with Crippen LogP contribution < -0.4 is 4.90 Å². The van der Waals surface area contributed by atoms with Crippen molar-refractivity contribution in [2.75, 3.05) is 37.7 Å². The van der Waals surface area contributed by atoms with Crippen LogP contribution in [0.3, 0.4) is 0 Å². The zero-order valence-corrected chi connectivity index (χ0v) is 16.0. The quantitative estimate of drug-likeness (QED) is 0.824. The summed E-state index contributed by atoms with van der Waals surface area (Å²) in [6.07, 6.45) is 0. The van der Waals surface area contributed by atoms with Crippen LogP contribution >= 0.6 is 0 Å². The number of anilines is 1. The molecule has 7 nitrogen and oxygen atoms in total. The van der Waals surface area contributed by atoms with Crippen molar-refractivity contribution < 1.29 is 18.3 Å². The number of sulfonamides is 1. The largest absolute Gasteiger partial charge is 0.510 e. The summed E-state index contributed by atoms with van der Waals surface area (Å²) in [6, 6.07) is 15.7. The summed E-state index contributed by atoms with van der Waals surface area (Å²) in [5.41, 5.74) is 1.92. The van der Waals surface area contributed by atoms with Gasteiger partial charge in [-0.05, 0) is 29.8 Å². The number of nitrogens with one attached hydrogen (secondary N) is 1. The first-order chi connectivity index (χ1) is 13.5.